The van der Waals surface area contributed by atoms with Gasteiger partial charge in [0.15, 0.2) is 0 Å². The van der Waals surface area contributed by atoms with Gasteiger partial charge in [0.25, 0.3) is 0 Å². The summed E-state index contributed by atoms with van der Waals surface area (Å²) in [6, 6.07) is 7.92. The number of aromatic nitrogens is 1. The molecule has 0 aliphatic heterocycles. The highest BCUT2D eigenvalue weighted by Crippen LogP contribution is 2.25. The van der Waals surface area contributed by atoms with Crippen LogP contribution in [0.25, 0.3) is 10.9 Å². The Kier molecular flexibility index (Phi) is 2.79. The van der Waals surface area contributed by atoms with Gasteiger partial charge in [-0.15, -0.1) is 0 Å². The Morgan fingerprint density at radius 1 is 1.35 bits per heavy atom. The molecule has 90 valence electrons. The first kappa shape index (κ1) is 11.5. The molecule has 0 aliphatic carbocycles. The van der Waals surface area contributed by atoms with E-state index in [1.54, 1.807) is 13.8 Å². The van der Waals surface area contributed by atoms with Crippen LogP contribution in [0.2, 0.25) is 0 Å². The van der Waals surface area contributed by atoms with Gasteiger partial charge in [0.1, 0.15) is 5.54 Å². The van der Waals surface area contributed by atoms with Crippen molar-refractivity contribution in [3.63, 3.8) is 0 Å². The fourth-order valence-electron chi connectivity index (χ4n) is 1.82. The molecule has 4 heteroatoms. The lowest BCUT2D eigenvalue weighted by Gasteiger charge is -2.23. The second-order valence-corrected chi connectivity index (χ2v) is 4.49. The summed E-state index contributed by atoms with van der Waals surface area (Å²) >= 11 is 0. The molecule has 0 saturated heterocycles. The third kappa shape index (κ3) is 2.11. The number of fused-ring (bicyclic) bond motifs is 1. The molecule has 0 bridgehead atoms. The third-order valence-corrected chi connectivity index (χ3v) is 2.73. The van der Waals surface area contributed by atoms with Crippen molar-refractivity contribution >= 4 is 22.6 Å². The maximum Gasteiger partial charge on any atom is 0.330 e. The molecule has 2 aromatic rings. The molecule has 0 fully saturated rings. The molecule has 0 atom stereocenters. The minimum atomic E-state index is -0.750. The van der Waals surface area contributed by atoms with Crippen LogP contribution >= 0.6 is 0 Å². The average Bonchev–Trinajstić information content (AvgIpc) is 2.71. The number of nitrogens with one attached hydrogen (secondary N) is 2. The van der Waals surface area contributed by atoms with E-state index in [1.807, 2.05) is 30.5 Å². The first-order valence-corrected chi connectivity index (χ1v) is 5.47. The number of carbonyl (C=O) groups excluding carboxylic acids is 1. The van der Waals surface area contributed by atoms with Gasteiger partial charge >= 0.3 is 5.97 Å². The largest absolute Gasteiger partial charge is 0.467 e. The molecule has 0 amide bonds. The van der Waals surface area contributed by atoms with Gasteiger partial charge in [-0.1, -0.05) is 18.2 Å². The molecule has 1 aromatic carbocycles. The normalized spacial score (nSPS) is 11.5. The highest BCUT2D eigenvalue weighted by molar-refractivity contribution is 5.95. The van der Waals surface area contributed by atoms with Crippen molar-refractivity contribution in [3.8, 4) is 0 Å². The molecule has 0 radical (unpaired) electrons. The van der Waals surface area contributed by atoms with Crippen molar-refractivity contribution in [1.82, 2.24) is 4.98 Å². The molecule has 0 saturated carbocycles. The van der Waals surface area contributed by atoms with Crippen molar-refractivity contribution in [3.05, 3.63) is 30.5 Å². The van der Waals surface area contributed by atoms with Crippen LogP contribution < -0.4 is 5.32 Å². The SMILES string of the molecule is COC(=O)C(C)(C)Nc1c[nH]c2ccccc12. The molecule has 1 heterocycles. The van der Waals surface area contributed by atoms with Crippen LogP contribution in [-0.2, 0) is 9.53 Å². The van der Waals surface area contributed by atoms with Gasteiger partial charge in [-0.3, -0.25) is 0 Å². The lowest BCUT2D eigenvalue weighted by atomic mass is 10.1. The fraction of sp³-hybridized carbons (Fsp3) is 0.308. The highest BCUT2D eigenvalue weighted by atomic mass is 16.5. The third-order valence-electron chi connectivity index (χ3n) is 2.73. The second kappa shape index (κ2) is 4.13. The zero-order valence-corrected chi connectivity index (χ0v) is 10.2. The van der Waals surface area contributed by atoms with E-state index in [1.165, 1.54) is 7.11 Å². The van der Waals surface area contributed by atoms with Gasteiger partial charge in [0.05, 0.1) is 12.8 Å². The second-order valence-electron chi connectivity index (χ2n) is 4.49. The summed E-state index contributed by atoms with van der Waals surface area (Å²) in [6.45, 7) is 3.58. The molecule has 2 rings (SSSR count). The Hall–Kier alpha value is -1.97. The van der Waals surface area contributed by atoms with Crippen molar-refractivity contribution in [2.45, 2.75) is 19.4 Å². The zero-order chi connectivity index (χ0) is 12.5. The number of H-pyrrole nitrogens is 1. The molecule has 1 aromatic heterocycles. The molecule has 0 spiro atoms. The number of ether oxygens (including phenoxy) is 1. The van der Waals surface area contributed by atoms with Crippen molar-refractivity contribution in [1.29, 1.82) is 0 Å². The minimum Gasteiger partial charge on any atom is -0.467 e. The van der Waals surface area contributed by atoms with Crippen LogP contribution in [0.1, 0.15) is 13.8 Å². The summed E-state index contributed by atoms with van der Waals surface area (Å²) in [4.78, 5) is 14.8. The number of benzene rings is 1. The number of anilines is 1. The van der Waals surface area contributed by atoms with Crippen molar-refractivity contribution < 1.29 is 9.53 Å². The van der Waals surface area contributed by atoms with Gasteiger partial charge in [0.2, 0.25) is 0 Å². The summed E-state index contributed by atoms with van der Waals surface area (Å²) in [5.41, 5.74) is 1.19. The van der Waals surface area contributed by atoms with Crippen LogP contribution in [0.3, 0.4) is 0 Å². The van der Waals surface area contributed by atoms with Gasteiger partial charge in [0, 0.05) is 17.1 Å². The quantitative estimate of drug-likeness (QED) is 0.799. The molecule has 0 unspecified atom stereocenters. The topological polar surface area (TPSA) is 54.1 Å². The number of methoxy groups -OCH3 is 1. The predicted octanol–water partition coefficient (Wildman–Crippen LogP) is 2.53. The van der Waals surface area contributed by atoms with Gasteiger partial charge in [-0.25, -0.2) is 4.79 Å². The smallest absolute Gasteiger partial charge is 0.330 e. The number of hydrogen-bond donors (Lipinski definition) is 2. The van der Waals surface area contributed by atoms with E-state index < -0.39 is 5.54 Å². The van der Waals surface area contributed by atoms with E-state index in [0.717, 1.165) is 16.6 Å². The maximum atomic E-state index is 11.6. The summed E-state index contributed by atoms with van der Waals surface area (Å²) in [6.07, 6.45) is 1.86. The fourth-order valence-corrected chi connectivity index (χ4v) is 1.82. The average molecular weight is 232 g/mol. The highest BCUT2D eigenvalue weighted by Gasteiger charge is 2.29. The number of esters is 1. The molecular weight excluding hydrogens is 216 g/mol. The standard InChI is InChI=1S/C13H16N2O2/c1-13(2,12(16)17-3)15-11-8-14-10-7-5-4-6-9(10)11/h4-8,14-15H,1-3H3. The minimum absolute atomic E-state index is 0.289. The number of para-hydroxylation sites is 1. The van der Waals surface area contributed by atoms with E-state index in [4.69, 9.17) is 4.74 Å². The first-order valence-electron chi connectivity index (χ1n) is 5.47. The summed E-state index contributed by atoms with van der Waals surface area (Å²) in [5, 5.41) is 4.25. The van der Waals surface area contributed by atoms with Crippen molar-refractivity contribution in [2.75, 3.05) is 12.4 Å². The lowest BCUT2D eigenvalue weighted by molar-refractivity contribution is -0.144. The number of carbonyl (C=O) groups is 1. The van der Waals surface area contributed by atoms with E-state index in [2.05, 4.69) is 10.3 Å². The van der Waals surface area contributed by atoms with Gasteiger partial charge in [-0.2, -0.15) is 0 Å². The van der Waals surface area contributed by atoms with E-state index in [-0.39, 0.29) is 5.97 Å². The number of hydrogen-bond acceptors (Lipinski definition) is 3. The van der Waals surface area contributed by atoms with Crippen LogP contribution in [0.15, 0.2) is 30.5 Å². The van der Waals surface area contributed by atoms with Crippen LogP contribution in [-0.4, -0.2) is 23.6 Å². The zero-order valence-electron chi connectivity index (χ0n) is 10.2. The summed E-state index contributed by atoms with van der Waals surface area (Å²) < 4.78 is 4.76. The maximum absolute atomic E-state index is 11.6. The van der Waals surface area contributed by atoms with Crippen LogP contribution in [0.5, 0.6) is 0 Å². The molecule has 4 nitrogen and oxygen atoms in total. The van der Waals surface area contributed by atoms with Crippen LogP contribution in [0, 0.1) is 0 Å². The summed E-state index contributed by atoms with van der Waals surface area (Å²) in [5.74, 6) is -0.289. The Morgan fingerprint density at radius 2 is 2.06 bits per heavy atom. The molecule has 2 N–H and O–H groups in total. The monoisotopic (exact) mass is 232 g/mol. The van der Waals surface area contributed by atoms with E-state index in [0.29, 0.717) is 0 Å². The predicted molar refractivity (Wildman–Crippen MR) is 68.0 cm³/mol. The van der Waals surface area contributed by atoms with E-state index >= 15 is 0 Å². The molecular formula is C13H16N2O2. The Bertz CT molecular complexity index is 543. The lowest BCUT2D eigenvalue weighted by Crippen LogP contribution is -2.41. The van der Waals surface area contributed by atoms with Crippen molar-refractivity contribution in [2.24, 2.45) is 0 Å². The van der Waals surface area contributed by atoms with Crippen LogP contribution in [0.4, 0.5) is 5.69 Å². The van der Waals surface area contributed by atoms with E-state index in [9.17, 15) is 4.79 Å². The van der Waals surface area contributed by atoms with Gasteiger partial charge in [-0.05, 0) is 19.9 Å². The summed E-state index contributed by atoms with van der Waals surface area (Å²) in [7, 11) is 1.39. The first-order chi connectivity index (χ1) is 8.04. The number of aromatic amines is 1. The molecule has 17 heavy (non-hydrogen) atoms. The Morgan fingerprint density at radius 3 is 2.76 bits per heavy atom. The van der Waals surface area contributed by atoms with Gasteiger partial charge < -0.3 is 15.0 Å². The molecule has 0 aliphatic rings. The Balaban J connectivity index is 2.33. The Labute approximate surface area is 100.0 Å². The number of rotatable bonds is 3.